The van der Waals surface area contributed by atoms with Crippen LogP contribution in [0.5, 0.6) is 0 Å². The molecule has 1 fully saturated rings. The summed E-state index contributed by atoms with van der Waals surface area (Å²) in [6.45, 7) is 0. The molecule has 0 aromatic heterocycles. The fraction of sp³-hybridized carbons (Fsp3) is 0.333. The Bertz CT molecular complexity index is 480. The number of nitrogens with zero attached hydrogens (tertiary/aromatic N) is 1. The summed E-state index contributed by atoms with van der Waals surface area (Å²) in [6.07, 6.45) is 0.240. The van der Waals surface area contributed by atoms with Crippen molar-refractivity contribution in [2.75, 3.05) is 11.6 Å². The SMILES string of the molecule is O=C(O)C1CSCN1C(=O)Cc1cccc(Br)c1. The first-order valence-corrected chi connectivity index (χ1v) is 7.37. The van der Waals surface area contributed by atoms with Crippen LogP contribution < -0.4 is 0 Å². The van der Waals surface area contributed by atoms with Crippen LogP contribution in [0.4, 0.5) is 0 Å². The molecule has 1 aromatic carbocycles. The lowest BCUT2D eigenvalue weighted by Crippen LogP contribution is -2.42. The standard InChI is InChI=1S/C12H12BrNO3S/c13-9-3-1-2-8(4-9)5-11(15)14-7-18-6-10(14)12(16)17/h1-4,10H,5-7H2,(H,16,17). The van der Waals surface area contributed by atoms with Crippen molar-refractivity contribution in [1.29, 1.82) is 0 Å². The average Bonchev–Trinajstić information content (AvgIpc) is 2.77. The summed E-state index contributed by atoms with van der Waals surface area (Å²) in [6, 6.07) is 6.80. The highest BCUT2D eigenvalue weighted by Gasteiger charge is 2.34. The lowest BCUT2D eigenvalue weighted by atomic mass is 10.1. The number of carbonyl (C=O) groups is 2. The fourth-order valence-corrected chi connectivity index (χ4v) is 3.43. The summed E-state index contributed by atoms with van der Waals surface area (Å²) in [5, 5.41) is 9.03. The van der Waals surface area contributed by atoms with Gasteiger partial charge in [-0.2, -0.15) is 0 Å². The van der Waals surface area contributed by atoms with Crippen LogP contribution in [0.2, 0.25) is 0 Å². The monoisotopic (exact) mass is 329 g/mol. The summed E-state index contributed by atoms with van der Waals surface area (Å²) in [5.41, 5.74) is 0.885. The summed E-state index contributed by atoms with van der Waals surface area (Å²) < 4.78 is 0.915. The molecule has 0 saturated carbocycles. The number of carboxylic acid groups (broad SMARTS) is 1. The van der Waals surface area contributed by atoms with E-state index in [4.69, 9.17) is 5.11 Å². The number of hydrogen-bond acceptors (Lipinski definition) is 3. The Labute approximate surface area is 117 Å². The Morgan fingerprint density at radius 2 is 2.28 bits per heavy atom. The number of carbonyl (C=O) groups excluding carboxylic acids is 1. The topological polar surface area (TPSA) is 57.6 Å². The zero-order chi connectivity index (χ0) is 13.1. The molecular weight excluding hydrogens is 318 g/mol. The molecule has 2 rings (SSSR count). The number of hydrogen-bond donors (Lipinski definition) is 1. The molecule has 1 N–H and O–H groups in total. The smallest absolute Gasteiger partial charge is 0.327 e. The van der Waals surface area contributed by atoms with Gasteiger partial charge < -0.3 is 10.0 Å². The van der Waals surface area contributed by atoms with E-state index in [0.29, 0.717) is 11.6 Å². The van der Waals surface area contributed by atoms with E-state index in [1.165, 1.54) is 16.7 Å². The van der Waals surface area contributed by atoms with E-state index in [1.807, 2.05) is 24.3 Å². The molecule has 1 aliphatic rings. The maximum Gasteiger partial charge on any atom is 0.327 e. The normalized spacial score (nSPS) is 18.9. The first-order valence-electron chi connectivity index (χ1n) is 5.42. The van der Waals surface area contributed by atoms with Crippen molar-refractivity contribution in [2.24, 2.45) is 0 Å². The second-order valence-corrected chi connectivity index (χ2v) is 5.94. The molecule has 1 aromatic rings. The molecule has 0 aliphatic carbocycles. The fourth-order valence-electron chi connectivity index (χ4n) is 1.82. The van der Waals surface area contributed by atoms with Crippen LogP contribution in [-0.4, -0.2) is 39.6 Å². The maximum atomic E-state index is 12.1. The molecule has 4 nitrogen and oxygen atoms in total. The number of rotatable bonds is 3. The summed E-state index contributed by atoms with van der Waals surface area (Å²) in [5.74, 6) is -0.128. The van der Waals surface area contributed by atoms with Crippen LogP contribution in [0.15, 0.2) is 28.7 Å². The zero-order valence-electron chi connectivity index (χ0n) is 9.51. The van der Waals surface area contributed by atoms with Gasteiger partial charge in [0.15, 0.2) is 0 Å². The summed E-state index contributed by atoms with van der Waals surface area (Å²) >= 11 is 4.82. The van der Waals surface area contributed by atoms with Gasteiger partial charge in [0.25, 0.3) is 0 Å². The van der Waals surface area contributed by atoms with Gasteiger partial charge in [0.05, 0.1) is 12.3 Å². The van der Waals surface area contributed by atoms with Crippen LogP contribution in [0.25, 0.3) is 0 Å². The van der Waals surface area contributed by atoms with Crippen LogP contribution in [0.3, 0.4) is 0 Å². The van der Waals surface area contributed by atoms with Crippen LogP contribution >= 0.6 is 27.7 Å². The summed E-state index contributed by atoms with van der Waals surface area (Å²) in [4.78, 5) is 24.5. The van der Waals surface area contributed by atoms with E-state index in [-0.39, 0.29) is 12.3 Å². The van der Waals surface area contributed by atoms with Crippen molar-refractivity contribution in [2.45, 2.75) is 12.5 Å². The van der Waals surface area contributed by atoms with Crippen molar-refractivity contribution < 1.29 is 14.7 Å². The number of aliphatic carboxylic acids is 1. The Morgan fingerprint density at radius 1 is 1.50 bits per heavy atom. The molecule has 1 heterocycles. The minimum absolute atomic E-state index is 0.134. The highest BCUT2D eigenvalue weighted by molar-refractivity contribution is 9.10. The van der Waals surface area contributed by atoms with Crippen LogP contribution in [-0.2, 0) is 16.0 Å². The Morgan fingerprint density at radius 3 is 2.94 bits per heavy atom. The molecule has 0 radical (unpaired) electrons. The van der Waals surface area contributed by atoms with Crippen molar-refractivity contribution in [1.82, 2.24) is 4.90 Å². The van der Waals surface area contributed by atoms with Crippen LogP contribution in [0.1, 0.15) is 5.56 Å². The van der Waals surface area contributed by atoms with Gasteiger partial charge in [-0.05, 0) is 17.7 Å². The average molecular weight is 330 g/mol. The highest BCUT2D eigenvalue weighted by atomic mass is 79.9. The summed E-state index contributed by atoms with van der Waals surface area (Å²) in [7, 11) is 0. The van der Waals surface area contributed by atoms with Crippen molar-refractivity contribution in [3.05, 3.63) is 34.3 Å². The molecule has 1 aliphatic heterocycles. The zero-order valence-corrected chi connectivity index (χ0v) is 11.9. The van der Waals surface area contributed by atoms with Crippen molar-refractivity contribution in [3.63, 3.8) is 0 Å². The van der Waals surface area contributed by atoms with Gasteiger partial charge in [-0.1, -0.05) is 28.1 Å². The number of halogens is 1. The van der Waals surface area contributed by atoms with Gasteiger partial charge in [0.2, 0.25) is 5.91 Å². The van der Waals surface area contributed by atoms with Crippen molar-refractivity contribution >= 4 is 39.6 Å². The number of benzene rings is 1. The molecule has 1 atom stereocenters. The van der Waals surface area contributed by atoms with E-state index >= 15 is 0 Å². The minimum Gasteiger partial charge on any atom is -0.480 e. The third kappa shape index (κ3) is 3.05. The molecule has 1 saturated heterocycles. The molecule has 1 unspecified atom stereocenters. The van der Waals surface area contributed by atoms with Gasteiger partial charge in [0, 0.05) is 10.2 Å². The lowest BCUT2D eigenvalue weighted by molar-refractivity contribution is -0.147. The Kier molecular flexibility index (Phi) is 4.29. The quantitative estimate of drug-likeness (QED) is 0.921. The molecule has 0 bridgehead atoms. The van der Waals surface area contributed by atoms with Gasteiger partial charge in [-0.15, -0.1) is 11.8 Å². The van der Waals surface area contributed by atoms with E-state index in [0.717, 1.165) is 10.0 Å². The number of amides is 1. The lowest BCUT2D eigenvalue weighted by Gasteiger charge is -2.20. The first-order chi connectivity index (χ1) is 8.58. The van der Waals surface area contributed by atoms with Gasteiger partial charge >= 0.3 is 5.97 Å². The number of carboxylic acids is 1. The third-order valence-electron chi connectivity index (χ3n) is 2.73. The molecule has 1 amide bonds. The van der Waals surface area contributed by atoms with Gasteiger partial charge in [0.1, 0.15) is 6.04 Å². The minimum atomic E-state index is -0.928. The van der Waals surface area contributed by atoms with E-state index in [1.54, 1.807) is 0 Å². The maximum absolute atomic E-state index is 12.1. The Hall–Kier alpha value is -1.01. The molecule has 6 heteroatoms. The highest BCUT2D eigenvalue weighted by Crippen LogP contribution is 2.22. The van der Waals surface area contributed by atoms with Crippen LogP contribution in [0, 0.1) is 0 Å². The predicted molar refractivity (Wildman–Crippen MR) is 73.4 cm³/mol. The Balaban J connectivity index is 2.06. The van der Waals surface area contributed by atoms with E-state index in [2.05, 4.69) is 15.9 Å². The third-order valence-corrected chi connectivity index (χ3v) is 4.24. The van der Waals surface area contributed by atoms with Crippen molar-refractivity contribution in [3.8, 4) is 0 Å². The molecule has 18 heavy (non-hydrogen) atoms. The van der Waals surface area contributed by atoms with Gasteiger partial charge in [-0.25, -0.2) is 4.79 Å². The number of thioether (sulfide) groups is 1. The second-order valence-electron chi connectivity index (χ2n) is 4.02. The largest absolute Gasteiger partial charge is 0.480 e. The predicted octanol–water partition coefficient (Wildman–Crippen LogP) is 1.98. The van der Waals surface area contributed by atoms with Gasteiger partial charge in [-0.3, -0.25) is 4.79 Å². The molecular formula is C12H12BrNO3S. The first kappa shape index (κ1) is 13.4. The van der Waals surface area contributed by atoms with E-state index < -0.39 is 12.0 Å². The molecule has 96 valence electrons. The van der Waals surface area contributed by atoms with E-state index in [9.17, 15) is 9.59 Å². The second kappa shape index (κ2) is 5.75. The molecule has 0 spiro atoms.